The molecule has 5 rings (SSSR count). The zero-order chi connectivity index (χ0) is 26.0. The molecule has 1 N–H and O–H groups in total. The van der Waals surface area contributed by atoms with E-state index in [0.717, 1.165) is 27.8 Å². The summed E-state index contributed by atoms with van der Waals surface area (Å²) in [5, 5.41) is 3.94. The van der Waals surface area contributed by atoms with Crippen LogP contribution in [0.3, 0.4) is 0 Å². The Morgan fingerprint density at radius 3 is 2.22 bits per heavy atom. The molecule has 0 saturated heterocycles. The van der Waals surface area contributed by atoms with E-state index in [2.05, 4.69) is 24.8 Å². The second kappa shape index (κ2) is 9.82. The fourth-order valence-electron chi connectivity index (χ4n) is 3.97. The first-order valence-corrected chi connectivity index (χ1v) is 12.9. The maximum Gasteiger partial charge on any atom is 0.267 e. The third kappa shape index (κ3) is 5.34. The lowest BCUT2D eigenvalue weighted by molar-refractivity contribution is 0.463. The number of rotatable bonds is 7. The summed E-state index contributed by atoms with van der Waals surface area (Å²) >= 11 is 0. The number of aromatic nitrogens is 5. The van der Waals surface area contributed by atoms with Gasteiger partial charge in [0.15, 0.2) is 0 Å². The number of aryl methyl sites for hydroxylation is 3. The van der Waals surface area contributed by atoms with Gasteiger partial charge in [0, 0.05) is 37.3 Å². The van der Waals surface area contributed by atoms with Gasteiger partial charge in [-0.3, -0.25) is 9.67 Å². The fourth-order valence-corrected chi connectivity index (χ4v) is 4.89. The third-order valence-electron chi connectivity index (χ3n) is 5.75. The van der Waals surface area contributed by atoms with Crippen LogP contribution in [0.2, 0.25) is 0 Å². The molecule has 9 nitrogen and oxygen atoms in total. The smallest absolute Gasteiger partial charge is 0.267 e. The molecule has 37 heavy (non-hydrogen) atoms. The Bertz CT molecular complexity index is 1650. The maximum absolute atomic E-state index is 12.9. The summed E-state index contributed by atoms with van der Waals surface area (Å²) in [5.74, 6) is 0.644. The number of hydrogen-bond acceptors (Lipinski definition) is 7. The quantitative estimate of drug-likeness (QED) is 0.321. The van der Waals surface area contributed by atoms with E-state index in [0.29, 0.717) is 11.4 Å². The molecule has 0 atom stereocenters. The van der Waals surface area contributed by atoms with E-state index in [1.165, 1.54) is 17.1 Å². The molecule has 0 aliphatic heterocycles. The topological polar surface area (TPSA) is 112 Å². The molecule has 10 heteroatoms. The lowest BCUT2D eigenvalue weighted by Gasteiger charge is -2.14. The van der Waals surface area contributed by atoms with E-state index in [1.807, 2.05) is 68.4 Å². The third-order valence-corrected chi connectivity index (χ3v) is 7.03. The van der Waals surface area contributed by atoms with Crippen LogP contribution in [0.5, 0.6) is 11.6 Å². The molecule has 0 unspecified atom stereocenters. The molecule has 0 radical (unpaired) electrons. The molecule has 2 aromatic carbocycles. The molecule has 5 aromatic rings. The maximum atomic E-state index is 12.9. The van der Waals surface area contributed by atoms with Crippen molar-refractivity contribution in [2.24, 2.45) is 7.05 Å². The van der Waals surface area contributed by atoms with Gasteiger partial charge >= 0.3 is 0 Å². The van der Waals surface area contributed by atoms with E-state index in [9.17, 15) is 8.42 Å². The zero-order valence-electron chi connectivity index (χ0n) is 20.5. The number of pyridine rings is 1. The van der Waals surface area contributed by atoms with Gasteiger partial charge in [0.05, 0.1) is 11.9 Å². The van der Waals surface area contributed by atoms with Crippen LogP contribution < -0.4 is 9.46 Å². The molecule has 3 heterocycles. The molecule has 186 valence electrons. The van der Waals surface area contributed by atoms with Gasteiger partial charge in [-0.05, 0) is 60.4 Å². The minimum absolute atomic E-state index is 0.00486. The van der Waals surface area contributed by atoms with Gasteiger partial charge in [0.1, 0.15) is 10.6 Å². The lowest BCUT2D eigenvalue weighted by atomic mass is 10.00. The summed E-state index contributed by atoms with van der Waals surface area (Å²) in [6.45, 7) is 3.95. The van der Waals surface area contributed by atoms with E-state index in [-0.39, 0.29) is 16.7 Å². The largest absolute Gasteiger partial charge is 0.439 e. The van der Waals surface area contributed by atoms with Gasteiger partial charge in [-0.1, -0.05) is 30.3 Å². The Hall–Kier alpha value is -4.57. The Morgan fingerprint density at radius 2 is 1.57 bits per heavy atom. The predicted octanol–water partition coefficient (Wildman–Crippen LogP) is 5.15. The van der Waals surface area contributed by atoms with Crippen molar-refractivity contribution in [3.05, 3.63) is 96.6 Å². The van der Waals surface area contributed by atoms with Crippen molar-refractivity contribution in [3.63, 3.8) is 0 Å². The zero-order valence-corrected chi connectivity index (χ0v) is 21.3. The summed E-state index contributed by atoms with van der Waals surface area (Å²) in [6.07, 6.45) is 6.15. The van der Waals surface area contributed by atoms with Crippen molar-refractivity contribution in [1.82, 2.24) is 24.7 Å². The van der Waals surface area contributed by atoms with Gasteiger partial charge in [0.25, 0.3) is 10.0 Å². The number of nitrogens with zero attached hydrogens (tertiary/aromatic N) is 5. The van der Waals surface area contributed by atoms with Gasteiger partial charge in [-0.2, -0.15) is 10.1 Å². The monoisotopic (exact) mass is 512 g/mol. The minimum atomic E-state index is -3.96. The van der Waals surface area contributed by atoms with Crippen LogP contribution in [0.1, 0.15) is 11.1 Å². The summed E-state index contributed by atoms with van der Waals surface area (Å²) in [4.78, 5) is 12.9. The van der Waals surface area contributed by atoms with Crippen LogP contribution in [0, 0.1) is 13.8 Å². The molecular weight excluding hydrogens is 488 g/mol. The standard InChI is InChI=1S/C27H24N6O3S/c1-18-5-4-6-19(2)26(18)24-15-25(31-27(30-24)32-37(34,35)23-16-29-33(3)17-23)36-22-9-7-20(8-10-22)21-11-13-28-14-12-21/h4-17H,1-3H3,(H,30,31,32). The van der Waals surface area contributed by atoms with Gasteiger partial charge in [0.2, 0.25) is 11.8 Å². The van der Waals surface area contributed by atoms with Gasteiger partial charge < -0.3 is 4.74 Å². The highest BCUT2D eigenvalue weighted by Crippen LogP contribution is 2.31. The number of hydrogen-bond donors (Lipinski definition) is 1. The van der Waals surface area contributed by atoms with E-state index in [1.54, 1.807) is 25.5 Å². The Morgan fingerprint density at radius 1 is 0.892 bits per heavy atom. The van der Waals surface area contributed by atoms with Crippen LogP contribution >= 0.6 is 0 Å². The summed E-state index contributed by atoms with van der Waals surface area (Å²) in [5.41, 5.74) is 5.45. The van der Waals surface area contributed by atoms with E-state index < -0.39 is 10.0 Å². The van der Waals surface area contributed by atoms with Crippen molar-refractivity contribution in [2.45, 2.75) is 18.7 Å². The summed E-state index contributed by atoms with van der Waals surface area (Å²) in [7, 11) is -2.31. The highest BCUT2D eigenvalue weighted by molar-refractivity contribution is 7.92. The van der Waals surface area contributed by atoms with Crippen LogP contribution in [0.15, 0.2) is 90.3 Å². The van der Waals surface area contributed by atoms with Crippen molar-refractivity contribution in [1.29, 1.82) is 0 Å². The normalized spacial score (nSPS) is 11.3. The second-order valence-corrected chi connectivity index (χ2v) is 10.2. The number of sulfonamides is 1. The average Bonchev–Trinajstić information content (AvgIpc) is 3.32. The average molecular weight is 513 g/mol. The molecule has 0 amide bonds. The highest BCUT2D eigenvalue weighted by Gasteiger charge is 2.20. The molecule has 0 saturated carbocycles. The number of benzene rings is 2. The van der Waals surface area contributed by atoms with Crippen LogP contribution in [-0.2, 0) is 17.1 Å². The van der Waals surface area contributed by atoms with Crippen molar-refractivity contribution < 1.29 is 13.2 Å². The number of ether oxygens (including phenoxy) is 1. The molecule has 0 spiro atoms. The van der Waals surface area contributed by atoms with E-state index >= 15 is 0 Å². The van der Waals surface area contributed by atoms with Crippen molar-refractivity contribution >= 4 is 16.0 Å². The van der Waals surface area contributed by atoms with Crippen LogP contribution in [0.25, 0.3) is 22.4 Å². The molecule has 3 aromatic heterocycles. The van der Waals surface area contributed by atoms with Crippen LogP contribution in [-0.4, -0.2) is 33.2 Å². The molecule has 0 fully saturated rings. The number of anilines is 1. The SMILES string of the molecule is Cc1cccc(C)c1-c1cc(Oc2ccc(-c3ccncc3)cc2)nc(NS(=O)(=O)c2cnn(C)c2)n1. The minimum Gasteiger partial charge on any atom is -0.439 e. The Balaban J connectivity index is 1.52. The summed E-state index contributed by atoms with van der Waals surface area (Å²) < 4.78 is 35.8. The van der Waals surface area contributed by atoms with Gasteiger partial charge in [-0.25, -0.2) is 18.1 Å². The fraction of sp³-hybridized carbons (Fsp3) is 0.111. The first-order valence-electron chi connectivity index (χ1n) is 11.4. The Labute approximate surface area is 214 Å². The van der Waals surface area contributed by atoms with Crippen molar-refractivity contribution in [2.75, 3.05) is 4.72 Å². The lowest BCUT2D eigenvalue weighted by Crippen LogP contribution is -2.15. The number of nitrogens with one attached hydrogen (secondary N) is 1. The molecule has 0 bridgehead atoms. The second-order valence-electron chi connectivity index (χ2n) is 8.50. The molecule has 0 aliphatic carbocycles. The van der Waals surface area contributed by atoms with Gasteiger partial charge in [-0.15, -0.1) is 0 Å². The van der Waals surface area contributed by atoms with Crippen molar-refractivity contribution in [3.8, 4) is 34.0 Å². The first-order chi connectivity index (χ1) is 17.8. The summed E-state index contributed by atoms with van der Waals surface area (Å²) in [6, 6.07) is 19.0. The Kier molecular flexibility index (Phi) is 6.41. The molecule has 0 aliphatic rings. The van der Waals surface area contributed by atoms with Crippen LogP contribution in [0.4, 0.5) is 5.95 Å². The first kappa shape index (κ1) is 24.1. The highest BCUT2D eigenvalue weighted by atomic mass is 32.2. The van der Waals surface area contributed by atoms with E-state index in [4.69, 9.17) is 4.74 Å². The molecular formula is C27H24N6O3S. The predicted molar refractivity (Wildman–Crippen MR) is 141 cm³/mol.